The van der Waals surface area contributed by atoms with Crippen molar-refractivity contribution in [3.63, 3.8) is 0 Å². The number of carbonyl (C=O) groups is 1. The van der Waals surface area contributed by atoms with E-state index in [4.69, 9.17) is 0 Å². The zero-order valence-electron chi connectivity index (χ0n) is 14.4. The zero-order valence-corrected chi connectivity index (χ0v) is 16.0. The number of nitrogens with zero attached hydrogens (tertiary/aromatic N) is 5. The Bertz CT molecular complexity index is 769. The Morgan fingerprint density at radius 2 is 2.20 bits per heavy atom. The van der Waals surface area contributed by atoms with Crippen LogP contribution in [-0.4, -0.2) is 36.9 Å². The first-order valence-electron chi connectivity index (χ1n) is 8.00. The second kappa shape index (κ2) is 8.24. The molecule has 0 radical (unpaired) electrons. The van der Waals surface area contributed by atoms with E-state index in [1.807, 2.05) is 25.5 Å². The van der Waals surface area contributed by atoms with Crippen LogP contribution in [0.1, 0.15) is 37.2 Å². The van der Waals surface area contributed by atoms with Gasteiger partial charge in [0.25, 0.3) is 0 Å². The largest absolute Gasteiger partial charge is 0.354 e. The Hall–Kier alpha value is -2.23. The van der Waals surface area contributed by atoms with Gasteiger partial charge in [-0.15, -0.1) is 0 Å². The molecule has 2 rings (SSSR count). The smallest absolute Gasteiger partial charge is 0.307 e. The molecule has 0 bridgehead atoms. The minimum Gasteiger partial charge on any atom is -0.354 e. The molecule has 2 aromatic rings. The summed E-state index contributed by atoms with van der Waals surface area (Å²) in [6, 6.07) is -0.559. The minimum absolute atomic E-state index is 0.124. The average Bonchev–Trinajstić information content (AvgIpc) is 3.14. The summed E-state index contributed by atoms with van der Waals surface area (Å²) in [5, 5.41) is 21.9. The molecule has 25 heavy (non-hydrogen) atoms. The molecule has 0 saturated carbocycles. The number of hydrogen-bond acceptors (Lipinski definition) is 5. The predicted molar refractivity (Wildman–Crippen MR) is 95.2 cm³/mol. The third-order valence-electron chi connectivity index (χ3n) is 3.95. The first kappa shape index (κ1) is 19.1. The number of carbonyl (C=O) groups excluding carboxylic acids is 1. The van der Waals surface area contributed by atoms with E-state index in [1.165, 1.54) is 10.9 Å². The van der Waals surface area contributed by atoms with Gasteiger partial charge in [0.1, 0.15) is 18.4 Å². The van der Waals surface area contributed by atoms with Crippen molar-refractivity contribution in [2.45, 2.75) is 46.2 Å². The highest BCUT2D eigenvalue weighted by atomic mass is 79.9. The number of nitro groups is 1. The Morgan fingerprint density at radius 1 is 1.48 bits per heavy atom. The van der Waals surface area contributed by atoms with Crippen LogP contribution in [0.25, 0.3) is 0 Å². The fourth-order valence-corrected chi connectivity index (χ4v) is 2.82. The van der Waals surface area contributed by atoms with Gasteiger partial charge in [0, 0.05) is 18.8 Å². The van der Waals surface area contributed by atoms with E-state index >= 15 is 0 Å². The minimum atomic E-state index is -0.559. The molecule has 2 aromatic heterocycles. The molecule has 0 fully saturated rings. The molecule has 9 nitrogen and oxygen atoms in total. The first-order chi connectivity index (χ1) is 11.8. The van der Waals surface area contributed by atoms with Crippen LogP contribution in [0.2, 0.25) is 0 Å². The lowest BCUT2D eigenvalue weighted by atomic mass is 10.2. The van der Waals surface area contributed by atoms with Crippen LogP contribution in [0.3, 0.4) is 0 Å². The van der Waals surface area contributed by atoms with E-state index in [0.29, 0.717) is 19.5 Å². The van der Waals surface area contributed by atoms with Gasteiger partial charge in [-0.1, -0.05) is 6.92 Å². The summed E-state index contributed by atoms with van der Waals surface area (Å²) >= 11 is 3.49. The van der Waals surface area contributed by atoms with Crippen molar-refractivity contribution in [3.8, 4) is 0 Å². The molecule has 0 aliphatic rings. The van der Waals surface area contributed by atoms with Crippen LogP contribution >= 0.6 is 15.9 Å². The standard InChI is InChI=1S/C15H21BrN6O3/c1-4-13(21-9-12(8-18-21)22(24)25)15(23)17-6-5-7-20-11(3)14(16)10(2)19-20/h8-9,13H,4-7H2,1-3H3,(H,17,23). The lowest BCUT2D eigenvalue weighted by Gasteiger charge is -2.15. The quantitative estimate of drug-likeness (QED) is 0.407. The van der Waals surface area contributed by atoms with Crippen LogP contribution in [-0.2, 0) is 11.3 Å². The highest BCUT2D eigenvalue weighted by molar-refractivity contribution is 9.10. The van der Waals surface area contributed by atoms with Gasteiger partial charge in [0.15, 0.2) is 0 Å². The second-order valence-corrected chi connectivity index (χ2v) is 6.51. The van der Waals surface area contributed by atoms with E-state index in [0.717, 1.165) is 28.5 Å². The van der Waals surface area contributed by atoms with Gasteiger partial charge < -0.3 is 5.32 Å². The number of aryl methyl sites for hydroxylation is 2. The summed E-state index contributed by atoms with van der Waals surface area (Å²) in [5.74, 6) is -0.199. The van der Waals surface area contributed by atoms with E-state index in [-0.39, 0.29) is 11.6 Å². The monoisotopic (exact) mass is 412 g/mol. The van der Waals surface area contributed by atoms with Gasteiger partial charge in [0.05, 0.1) is 15.1 Å². The predicted octanol–water partition coefficient (Wildman–Crippen LogP) is 2.52. The average molecular weight is 413 g/mol. The van der Waals surface area contributed by atoms with Gasteiger partial charge in [0.2, 0.25) is 5.91 Å². The van der Waals surface area contributed by atoms with E-state index in [2.05, 4.69) is 31.4 Å². The molecule has 0 spiro atoms. The molecule has 0 aliphatic carbocycles. The van der Waals surface area contributed by atoms with Crippen LogP contribution in [0.4, 0.5) is 5.69 Å². The molecule has 136 valence electrons. The normalized spacial score (nSPS) is 12.2. The molecular weight excluding hydrogens is 392 g/mol. The molecule has 1 atom stereocenters. The Labute approximate surface area is 153 Å². The third kappa shape index (κ3) is 4.44. The van der Waals surface area contributed by atoms with Crippen molar-refractivity contribution < 1.29 is 9.72 Å². The van der Waals surface area contributed by atoms with Gasteiger partial charge >= 0.3 is 5.69 Å². The summed E-state index contributed by atoms with van der Waals surface area (Å²) in [4.78, 5) is 22.5. The van der Waals surface area contributed by atoms with Crippen LogP contribution in [0.15, 0.2) is 16.9 Å². The van der Waals surface area contributed by atoms with Crippen molar-refractivity contribution in [1.82, 2.24) is 24.9 Å². The summed E-state index contributed by atoms with van der Waals surface area (Å²) < 4.78 is 4.24. The molecule has 1 amide bonds. The summed E-state index contributed by atoms with van der Waals surface area (Å²) in [6.07, 6.45) is 3.66. The lowest BCUT2D eigenvalue weighted by Crippen LogP contribution is -2.33. The third-order valence-corrected chi connectivity index (χ3v) is 5.09. The molecule has 0 saturated heterocycles. The number of halogens is 1. The summed E-state index contributed by atoms with van der Waals surface area (Å²) in [6.45, 7) is 6.95. The Kier molecular flexibility index (Phi) is 6.29. The van der Waals surface area contributed by atoms with Gasteiger partial charge in [-0.05, 0) is 42.6 Å². The molecule has 0 aliphatic heterocycles. The number of rotatable bonds is 8. The summed E-state index contributed by atoms with van der Waals surface area (Å²) in [5.41, 5.74) is 1.87. The summed E-state index contributed by atoms with van der Waals surface area (Å²) in [7, 11) is 0. The van der Waals surface area contributed by atoms with Gasteiger partial charge in [-0.3, -0.25) is 24.3 Å². The SMILES string of the molecule is CCC(C(=O)NCCCn1nc(C)c(Br)c1C)n1cc([N+](=O)[O-])cn1. The molecule has 1 N–H and O–H groups in total. The van der Waals surface area contributed by atoms with Crippen molar-refractivity contribution in [2.24, 2.45) is 0 Å². The number of hydrogen-bond donors (Lipinski definition) is 1. The van der Waals surface area contributed by atoms with Crippen LogP contribution in [0, 0.1) is 24.0 Å². The molecular formula is C15H21BrN6O3. The second-order valence-electron chi connectivity index (χ2n) is 5.71. The van der Waals surface area contributed by atoms with E-state index < -0.39 is 11.0 Å². The highest BCUT2D eigenvalue weighted by Crippen LogP contribution is 2.20. The first-order valence-corrected chi connectivity index (χ1v) is 8.80. The topological polar surface area (TPSA) is 108 Å². The fraction of sp³-hybridized carbons (Fsp3) is 0.533. The maximum Gasteiger partial charge on any atom is 0.307 e. The molecule has 10 heteroatoms. The highest BCUT2D eigenvalue weighted by Gasteiger charge is 2.21. The Balaban J connectivity index is 1.87. The molecule has 0 aromatic carbocycles. The van der Waals surface area contributed by atoms with Crippen LogP contribution in [0.5, 0.6) is 0 Å². The number of aromatic nitrogens is 4. The zero-order chi connectivity index (χ0) is 18.6. The van der Waals surface area contributed by atoms with Crippen molar-refractivity contribution >= 4 is 27.5 Å². The maximum atomic E-state index is 12.3. The fourth-order valence-electron chi connectivity index (χ4n) is 2.54. The van der Waals surface area contributed by atoms with Gasteiger partial charge in [-0.25, -0.2) is 0 Å². The van der Waals surface area contributed by atoms with Crippen molar-refractivity contribution in [3.05, 3.63) is 38.4 Å². The van der Waals surface area contributed by atoms with Crippen LogP contribution < -0.4 is 5.32 Å². The molecule has 1 unspecified atom stereocenters. The molecule has 2 heterocycles. The van der Waals surface area contributed by atoms with Crippen molar-refractivity contribution in [1.29, 1.82) is 0 Å². The van der Waals surface area contributed by atoms with Crippen molar-refractivity contribution in [2.75, 3.05) is 6.54 Å². The van der Waals surface area contributed by atoms with Gasteiger partial charge in [-0.2, -0.15) is 10.2 Å². The maximum absolute atomic E-state index is 12.3. The Morgan fingerprint density at radius 3 is 2.72 bits per heavy atom. The van der Waals surface area contributed by atoms with E-state index in [9.17, 15) is 14.9 Å². The lowest BCUT2D eigenvalue weighted by molar-refractivity contribution is -0.385. The van der Waals surface area contributed by atoms with E-state index in [1.54, 1.807) is 0 Å². The number of nitrogens with one attached hydrogen (secondary N) is 1. The number of amides is 1.